The average molecular weight is 295 g/mol. The molecular weight excluding hydrogens is 266 g/mol. The van der Waals surface area contributed by atoms with Crippen molar-refractivity contribution in [1.82, 2.24) is 15.1 Å². The van der Waals surface area contributed by atoms with E-state index in [9.17, 15) is 0 Å². The van der Waals surface area contributed by atoms with Crippen LogP contribution in [-0.2, 0) is 13.1 Å². The third-order valence-corrected chi connectivity index (χ3v) is 5.50. The maximum Gasteiger partial charge on any atom is 0.0299 e. The van der Waals surface area contributed by atoms with E-state index in [1.807, 2.05) is 11.3 Å². The molecule has 0 bridgehead atoms. The van der Waals surface area contributed by atoms with E-state index in [0.29, 0.717) is 0 Å². The highest BCUT2D eigenvalue weighted by atomic mass is 32.1. The molecule has 1 fully saturated rings. The van der Waals surface area contributed by atoms with Crippen LogP contribution >= 0.6 is 11.3 Å². The Morgan fingerprint density at radius 1 is 1.35 bits per heavy atom. The van der Waals surface area contributed by atoms with E-state index in [2.05, 4.69) is 55.9 Å². The summed E-state index contributed by atoms with van der Waals surface area (Å²) < 4.78 is 0. The predicted molar refractivity (Wildman–Crippen MR) is 88.4 cm³/mol. The number of rotatable bonds is 5. The first-order valence-electron chi connectivity index (χ1n) is 7.65. The highest BCUT2D eigenvalue weighted by Crippen LogP contribution is 2.25. The van der Waals surface area contributed by atoms with E-state index < -0.39 is 0 Å². The van der Waals surface area contributed by atoms with Crippen LogP contribution in [0, 0.1) is 6.92 Å². The van der Waals surface area contributed by atoms with Gasteiger partial charge in [-0.2, -0.15) is 0 Å². The fourth-order valence-electron chi connectivity index (χ4n) is 2.80. The van der Waals surface area contributed by atoms with Crippen molar-refractivity contribution in [2.45, 2.75) is 46.3 Å². The molecule has 1 aromatic heterocycles. The molecule has 0 atom stereocenters. The van der Waals surface area contributed by atoms with Crippen LogP contribution < -0.4 is 5.32 Å². The summed E-state index contributed by atoms with van der Waals surface area (Å²) in [6.45, 7) is 15.8. The first-order valence-corrected chi connectivity index (χ1v) is 8.46. The van der Waals surface area contributed by atoms with Gasteiger partial charge in [0.05, 0.1) is 0 Å². The van der Waals surface area contributed by atoms with Crippen LogP contribution in [0.4, 0.5) is 0 Å². The smallest absolute Gasteiger partial charge is 0.0299 e. The molecule has 1 N–H and O–H groups in total. The van der Waals surface area contributed by atoms with Gasteiger partial charge in [-0.05, 0) is 46.0 Å². The van der Waals surface area contributed by atoms with Gasteiger partial charge in [0, 0.05) is 48.0 Å². The van der Waals surface area contributed by atoms with Crippen LogP contribution in [0.3, 0.4) is 0 Å². The zero-order valence-corrected chi connectivity index (χ0v) is 14.4. The normalized spacial score (nSPS) is 20.4. The second kappa shape index (κ2) is 6.56. The molecule has 20 heavy (non-hydrogen) atoms. The van der Waals surface area contributed by atoms with E-state index in [0.717, 1.165) is 26.2 Å². The molecular formula is C16H29N3S. The van der Waals surface area contributed by atoms with E-state index in [1.165, 1.54) is 28.4 Å². The maximum absolute atomic E-state index is 3.42. The minimum absolute atomic E-state index is 0.286. The molecule has 2 rings (SSSR count). The molecule has 114 valence electrons. The third kappa shape index (κ3) is 3.82. The van der Waals surface area contributed by atoms with Crippen LogP contribution in [0.2, 0.25) is 0 Å². The lowest BCUT2D eigenvalue weighted by atomic mass is 9.99. The predicted octanol–water partition coefficient (Wildman–Crippen LogP) is 2.69. The lowest BCUT2D eigenvalue weighted by Gasteiger charge is -2.45. The van der Waals surface area contributed by atoms with Crippen LogP contribution in [0.25, 0.3) is 0 Å². The number of thiophene rings is 1. The Morgan fingerprint density at radius 2 is 2.10 bits per heavy atom. The maximum atomic E-state index is 3.42. The minimum Gasteiger partial charge on any atom is -0.312 e. The van der Waals surface area contributed by atoms with Gasteiger partial charge in [-0.25, -0.2) is 0 Å². The van der Waals surface area contributed by atoms with Crippen molar-refractivity contribution < 1.29 is 0 Å². The van der Waals surface area contributed by atoms with Gasteiger partial charge in [0.1, 0.15) is 0 Å². The van der Waals surface area contributed by atoms with Gasteiger partial charge in [-0.1, -0.05) is 6.92 Å². The molecule has 4 heteroatoms. The van der Waals surface area contributed by atoms with Crippen LogP contribution in [-0.4, -0.2) is 48.6 Å². The summed E-state index contributed by atoms with van der Waals surface area (Å²) in [5, 5.41) is 3.42. The van der Waals surface area contributed by atoms with Crippen molar-refractivity contribution in [2.24, 2.45) is 0 Å². The molecule has 1 aliphatic rings. The molecule has 1 saturated heterocycles. The molecule has 1 aliphatic heterocycles. The average Bonchev–Trinajstić information content (AvgIpc) is 2.72. The summed E-state index contributed by atoms with van der Waals surface area (Å²) in [6.07, 6.45) is 0. The van der Waals surface area contributed by atoms with Gasteiger partial charge >= 0.3 is 0 Å². The Bertz CT molecular complexity index is 439. The van der Waals surface area contributed by atoms with Gasteiger partial charge in [-0.15, -0.1) is 11.3 Å². The summed E-state index contributed by atoms with van der Waals surface area (Å²) >= 11 is 1.94. The quantitative estimate of drug-likeness (QED) is 0.901. The number of nitrogens with zero attached hydrogens (tertiary/aromatic N) is 2. The van der Waals surface area contributed by atoms with Gasteiger partial charge in [0.2, 0.25) is 0 Å². The first kappa shape index (κ1) is 16.0. The number of nitrogens with one attached hydrogen (secondary N) is 1. The molecule has 3 nitrogen and oxygen atoms in total. The molecule has 0 amide bonds. The summed E-state index contributed by atoms with van der Waals surface area (Å²) in [4.78, 5) is 8.02. The van der Waals surface area contributed by atoms with E-state index in [-0.39, 0.29) is 5.54 Å². The van der Waals surface area contributed by atoms with E-state index in [1.54, 1.807) is 0 Å². The zero-order valence-electron chi connectivity index (χ0n) is 13.6. The van der Waals surface area contributed by atoms with Crippen molar-refractivity contribution >= 4 is 11.3 Å². The molecule has 0 saturated carbocycles. The van der Waals surface area contributed by atoms with Crippen molar-refractivity contribution in [3.8, 4) is 0 Å². The van der Waals surface area contributed by atoms with E-state index >= 15 is 0 Å². The fraction of sp³-hybridized carbons (Fsp3) is 0.750. The summed E-state index contributed by atoms with van der Waals surface area (Å²) in [7, 11) is 2.24. The van der Waals surface area contributed by atoms with Crippen LogP contribution in [0.1, 0.15) is 36.1 Å². The van der Waals surface area contributed by atoms with E-state index in [4.69, 9.17) is 0 Å². The molecule has 1 aromatic rings. The Morgan fingerprint density at radius 3 is 2.75 bits per heavy atom. The van der Waals surface area contributed by atoms with Crippen molar-refractivity contribution in [1.29, 1.82) is 0 Å². The lowest BCUT2D eigenvalue weighted by Crippen LogP contribution is -2.57. The first-order chi connectivity index (χ1) is 9.42. The Kier molecular flexibility index (Phi) is 5.24. The SMILES string of the molecule is CCNCc1cc(CN2CCN(C)C(C)(C)C2)c(C)s1. The Balaban J connectivity index is 1.98. The van der Waals surface area contributed by atoms with Crippen molar-refractivity contribution in [3.05, 3.63) is 21.4 Å². The van der Waals surface area contributed by atoms with Gasteiger partial charge in [-0.3, -0.25) is 9.80 Å². The molecule has 0 aromatic carbocycles. The van der Waals surface area contributed by atoms with Gasteiger partial charge in [0.15, 0.2) is 0 Å². The van der Waals surface area contributed by atoms with Gasteiger partial charge in [0.25, 0.3) is 0 Å². The minimum atomic E-state index is 0.286. The molecule has 0 radical (unpaired) electrons. The second-order valence-electron chi connectivity index (χ2n) is 6.52. The summed E-state index contributed by atoms with van der Waals surface area (Å²) in [6, 6.07) is 2.40. The lowest BCUT2D eigenvalue weighted by molar-refractivity contribution is 0.0360. The molecule has 0 aliphatic carbocycles. The second-order valence-corrected chi connectivity index (χ2v) is 7.86. The van der Waals surface area contributed by atoms with Crippen LogP contribution in [0.5, 0.6) is 0 Å². The molecule has 0 unspecified atom stereocenters. The third-order valence-electron chi connectivity index (χ3n) is 4.41. The van der Waals surface area contributed by atoms with Gasteiger partial charge < -0.3 is 5.32 Å². The largest absolute Gasteiger partial charge is 0.312 e. The van der Waals surface area contributed by atoms with Crippen molar-refractivity contribution in [3.63, 3.8) is 0 Å². The summed E-state index contributed by atoms with van der Waals surface area (Å²) in [5.41, 5.74) is 1.80. The topological polar surface area (TPSA) is 18.5 Å². The number of hydrogen-bond donors (Lipinski definition) is 1. The number of likely N-dealkylation sites (N-methyl/N-ethyl adjacent to an activating group) is 1. The van der Waals surface area contributed by atoms with Crippen molar-refractivity contribution in [2.75, 3.05) is 33.2 Å². The molecule has 2 heterocycles. The standard InChI is InChI=1S/C16H29N3S/c1-6-17-10-15-9-14(13(2)20-15)11-19-8-7-18(5)16(3,4)12-19/h9,17H,6-8,10-12H2,1-5H3. The Hall–Kier alpha value is -0.420. The Labute approximate surface area is 128 Å². The fourth-order valence-corrected chi connectivity index (χ4v) is 3.82. The monoisotopic (exact) mass is 295 g/mol. The highest BCUT2D eigenvalue weighted by Gasteiger charge is 2.31. The zero-order chi connectivity index (χ0) is 14.8. The molecule has 0 spiro atoms. The number of hydrogen-bond acceptors (Lipinski definition) is 4. The number of aryl methyl sites for hydroxylation is 1. The summed E-state index contributed by atoms with van der Waals surface area (Å²) in [5.74, 6) is 0. The number of piperazine rings is 1. The highest BCUT2D eigenvalue weighted by molar-refractivity contribution is 7.12. The van der Waals surface area contributed by atoms with Crippen LogP contribution in [0.15, 0.2) is 6.07 Å².